The summed E-state index contributed by atoms with van der Waals surface area (Å²) in [4.78, 5) is 0. The normalized spacial score (nSPS) is 10.0. The summed E-state index contributed by atoms with van der Waals surface area (Å²) < 4.78 is 5.21. The van der Waals surface area contributed by atoms with Gasteiger partial charge in [0.15, 0.2) is 0 Å². The number of anilines is 2. The van der Waals surface area contributed by atoms with Gasteiger partial charge in [-0.2, -0.15) is 0 Å². The molecule has 0 aromatic heterocycles. The molecule has 0 fully saturated rings. The lowest BCUT2D eigenvalue weighted by molar-refractivity contribution is 0.415. The van der Waals surface area contributed by atoms with E-state index in [2.05, 4.69) is 30.4 Å². The monoisotopic (exact) mass is 227 g/mol. The van der Waals surface area contributed by atoms with E-state index >= 15 is 0 Å². The third-order valence-electron chi connectivity index (χ3n) is 2.75. The Morgan fingerprint density at radius 2 is 1.88 bits per heavy atom. The van der Waals surface area contributed by atoms with Gasteiger partial charge >= 0.3 is 0 Å². The number of hydrogen-bond donors (Lipinski definition) is 1. The van der Waals surface area contributed by atoms with E-state index in [0.717, 1.165) is 23.5 Å². The van der Waals surface area contributed by atoms with Crippen LogP contribution in [0.5, 0.6) is 5.75 Å². The molecule has 88 valence electrons. The molecule has 0 radical (unpaired) electrons. The van der Waals surface area contributed by atoms with Gasteiger partial charge in [0.1, 0.15) is 5.75 Å². The van der Waals surface area contributed by atoms with Gasteiger partial charge in [0.2, 0.25) is 0 Å². The number of nitrogens with one attached hydrogen (secondary N) is 1. The van der Waals surface area contributed by atoms with Crippen LogP contribution in [0.2, 0.25) is 0 Å². The van der Waals surface area contributed by atoms with Gasteiger partial charge in [-0.05, 0) is 30.2 Å². The number of benzene rings is 2. The molecular weight excluding hydrogens is 210 g/mol. The minimum Gasteiger partial charge on any atom is -0.497 e. The number of hydrogen-bond acceptors (Lipinski definition) is 2. The van der Waals surface area contributed by atoms with Crippen LogP contribution >= 0.6 is 0 Å². The molecule has 1 N–H and O–H groups in total. The minimum atomic E-state index is 0.865. The molecule has 2 rings (SSSR count). The second-order valence-corrected chi connectivity index (χ2v) is 3.87. The fourth-order valence-electron chi connectivity index (χ4n) is 1.81. The lowest BCUT2D eigenvalue weighted by atomic mass is 10.1. The molecule has 0 spiro atoms. The first-order valence-electron chi connectivity index (χ1n) is 5.82. The number of para-hydroxylation sites is 1. The molecule has 0 unspecified atom stereocenters. The molecule has 0 saturated heterocycles. The van der Waals surface area contributed by atoms with Crippen molar-refractivity contribution in [2.24, 2.45) is 0 Å². The Hall–Kier alpha value is -1.96. The Labute approximate surface area is 102 Å². The van der Waals surface area contributed by atoms with E-state index in [4.69, 9.17) is 4.74 Å². The van der Waals surface area contributed by atoms with Crippen molar-refractivity contribution in [1.82, 2.24) is 0 Å². The third-order valence-corrected chi connectivity index (χ3v) is 2.75. The largest absolute Gasteiger partial charge is 0.497 e. The highest BCUT2D eigenvalue weighted by Crippen LogP contribution is 2.23. The summed E-state index contributed by atoms with van der Waals surface area (Å²) in [7, 11) is 1.68. The highest BCUT2D eigenvalue weighted by atomic mass is 16.5. The van der Waals surface area contributed by atoms with Crippen LogP contribution in [-0.2, 0) is 6.42 Å². The van der Waals surface area contributed by atoms with Crippen LogP contribution in [-0.4, -0.2) is 7.11 Å². The second kappa shape index (κ2) is 5.39. The molecule has 17 heavy (non-hydrogen) atoms. The number of rotatable bonds is 4. The van der Waals surface area contributed by atoms with Crippen molar-refractivity contribution in [3.63, 3.8) is 0 Å². The molecule has 0 aliphatic rings. The molecule has 2 nitrogen and oxygen atoms in total. The summed E-state index contributed by atoms with van der Waals surface area (Å²) in [6.07, 6.45) is 1.02. The van der Waals surface area contributed by atoms with Crippen LogP contribution in [0.4, 0.5) is 11.4 Å². The van der Waals surface area contributed by atoms with Crippen molar-refractivity contribution in [3.8, 4) is 5.75 Å². The van der Waals surface area contributed by atoms with Crippen molar-refractivity contribution in [1.29, 1.82) is 0 Å². The number of methoxy groups -OCH3 is 1. The molecule has 0 atom stereocenters. The maximum Gasteiger partial charge on any atom is 0.120 e. The van der Waals surface area contributed by atoms with E-state index < -0.39 is 0 Å². The highest BCUT2D eigenvalue weighted by Gasteiger charge is 2.00. The molecule has 0 aliphatic carbocycles. The van der Waals surface area contributed by atoms with Crippen LogP contribution in [0, 0.1) is 0 Å². The first-order chi connectivity index (χ1) is 8.33. The summed E-state index contributed by atoms with van der Waals surface area (Å²) in [5.74, 6) is 0.865. The van der Waals surface area contributed by atoms with Crippen LogP contribution in [0.25, 0.3) is 0 Å². The molecule has 2 aromatic rings. The van der Waals surface area contributed by atoms with E-state index in [9.17, 15) is 0 Å². The Balaban J connectivity index is 2.24. The molecule has 0 bridgehead atoms. The lowest BCUT2D eigenvalue weighted by Gasteiger charge is -2.11. The smallest absolute Gasteiger partial charge is 0.120 e. The molecule has 0 saturated carbocycles. The Kier molecular flexibility index (Phi) is 3.66. The Morgan fingerprint density at radius 1 is 1.06 bits per heavy atom. The predicted octanol–water partition coefficient (Wildman–Crippen LogP) is 4.00. The quantitative estimate of drug-likeness (QED) is 0.852. The van der Waals surface area contributed by atoms with Crippen LogP contribution in [0.1, 0.15) is 12.5 Å². The van der Waals surface area contributed by atoms with Gasteiger partial charge in [-0.3, -0.25) is 0 Å². The summed E-state index contributed by atoms with van der Waals surface area (Å²) in [6.45, 7) is 2.16. The number of ether oxygens (including phenoxy) is 1. The first kappa shape index (κ1) is 11.5. The zero-order valence-corrected chi connectivity index (χ0v) is 10.2. The molecule has 0 amide bonds. The molecular formula is C15H17NO. The molecule has 0 aliphatic heterocycles. The predicted molar refractivity (Wildman–Crippen MR) is 72.1 cm³/mol. The zero-order chi connectivity index (χ0) is 12.1. The van der Waals surface area contributed by atoms with E-state index in [1.54, 1.807) is 7.11 Å². The van der Waals surface area contributed by atoms with Gasteiger partial charge in [-0.1, -0.05) is 31.2 Å². The standard InChI is InChI=1S/C15H17NO/c1-3-12-7-4-5-10-15(12)16-13-8-6-9-14(11-13)17-2/h4-11,16H,3H2,1-2H3. The maximum absolute atomic E-state index is 5.21. The Bertz CT molecular complexity index is 494. The summed E-state index contributed by atoms with van der Waals surface area (Å²) in [6, 6.07) is 16.3. The average molecular weight is 227 g/mol. The van der Waals surface area contributed by atoms with Gasteiger partial charge in [-0.15, -0.1) is 0 Å². The van der Waals surface area contributed by atoms with Crippen molar-refractivity contribution < 1.29 is 4.74 Å². The lowest BCUT2D eigenvalue weighted by Crippen LogP contribution is -1.95. The maximum atomic E-state index is 5.21. The van der Waals surface area contributed by atoms with Crippen molar-refractivity contribution in [2.45, 2.75) is 13.3 Å². The first-order valence-corrected chi connectivity index (χ1v) is 5.82. The molecule has 2 aromatic carbocycles. The van der Waals surface area contributed by atoms with Crippen molar-refractivity contribution in [2.75, 3.05) is 12.4 Å². The second-order valence-electron chi connectivity index (χ2n) is 3.87. The fourth-order valence-corrected chi connectivity index (χ4v) is 1.81. The van der Waals surface area contributed by atoms with Gasteiger partial charge in [0.05, 0.1) is 7.11 Å². The van der Waals surface area contributed by atoms with E-state index in [1.165, 1.54) is 5.56 Å². The van der Waals surface area contributed by atoms with E-state index in [0.29, 0.717) is 0 Å². The minimum absolute atomic E-state index is 0.865. The van der Waals surface area contributed by atoms with E-state index in [1.807, 2.05) is 30.3 Å². The molecule has 2 heteroatoms. The average Bonchev–Trinajstić information content (AvgIpc) is 2.39. The van der Waals surface area contributed by atoms with Crippen LogP contribution < -0.4 is 10.1 Å². The highest BCUT2D eigenvalue weighted by molar-refractivity contribution is 5.64. The Morgan fingerprint density at radius 3 is 2.65 bits per heavy atom. The third kappa shape index (κ3) is 2.78. The van der Waals surface area contributed by atoms with E-state index in [-0.39, 0.29) is 0 Å². The molecule has 0 heterocycles. The van der Waals surface area contributed by atoms with Gasteiger partial charge in [0.25, 0.3) is 0 Å². The fraction of sp³-hybridized carbons (Fsp3) is 0.200. The summed E-state index contributed by atoms with van der Waals surface area (Å²) >= 11 is 0. The summed E-state index contributed by atoms with van der Waals surface area (Å²) in [5.41, 5.74) is 3.52. The number of aryl methyl sites for hydroxylation is 1. The van der Waals surface area contributed by atoms with Gasteiger partial charge in [-0.25, -0.2) is 0 Å². The van der Waals surface area contributed by atoms with Crippen LogP contribution in [0.15, 0.2) is 48.5 Å². The topological polar surface area (TPSA) is 21.3 Å². The van der Waals surface area contributed by atoms with Gasteiger partial charge in [0, 0.05) is 17.4 Å². The zero-order valence-electron chi connectivity index (χ0n) is 10.2. The van der Waals surface area contributed by atoms with Crippen LogP contribution in [0.3, 0.4) is 0 Å². The van der Waals surface area contributed by atoms with Gasteiger partial charge < -0.3 is 10.1 Å². The van der Waals surface area contributed by atoms with Crippen molar-refractivity contribution >= 4 is 11.4 Å². The van der Waals surface area contributed by atoms with Crippen molar-refractivity contribution in [3.05, 3.63) is 54.1 Å². The summed E-state index contributed by atoms with van der Waals surface area (Å²) in [5, 5.41) is 3.42. The SMILES string of the molecule is CCc1ccccc1Nc1cccc(OC)c1.